The highest BCUT2D eigenvalue weighted by Gasteiger charge is 2.52. The number of rotatable bonds is 5. The molecule has 0 unspecified atom stereocenters. The van der Waals surface area contributed by atoms with Crippen LogP contribution in [0.1, 0.15) is 79.6 Å². The number of fused-ring (bicyclic) bond motifs is 1. The molecule has 0 bridgehead atoms. The van der Waals surface area contributed by atoms with E-state index in [1.165, 1.54) is 38.5 Å². The van der Waals surface area contributed by atoms with Gasteiger partial charge in [0.1, 0.15) is 0 Å². The van der Waals surface area contributed by atoms with E-state index in [1.807, 2.05) is 0 Å². The van der Waals surface area contributed by atoms with E-state index in [-0.39, 0.29) is 0 Å². The summed E-state index contributed by atoms with van der Waals surface area (Å²) in [5, 5.41) is 0.301. The second-order valence-corrected chi connectivity index (χ2v) is 18.2. The van der Waals surface area contributed by atoms with Gasteiger partial charge in [-0.3, -0.25) is 0 Å². The molecule has 0 aromatic carbocycles. The van der Waals surface area contributed by atoms with Gasteiger partial charge in [0.15, 0.2) is 8.32 Å². The molecule has 1 nitrogen and oxygen atoms in total. The van der Waals surface area contributed by atoms with Gasteiger partial charge in [-0.15, -0.1) is 0 Å². The van der Waals surface area contributed by atoms with Gasteiger partial charge in [-0.2, -0.15) is 0 Å². The Balaban J connectivity index is 2.19. The maximum Gasteiger partial charge on any atom is 0.192 e. The third-order valence-corrected chi connectivity index (χ3v) is 13.1. The first-order chi connectivity index (χ1) is 11.9. The molecule has 0 aliphatic heterocycles. The summed E-state index contributed by atoms with van der Waals surface area (Å²) in [5.74, 6) is 2.31. The van der Waals surface area contributed by atoms with E-state index in [4.69, 9.17) is 4.43 Å². The van der Waals surface area contributed by atoms with Gasteiger partial charge in [0.2, 0.25) is 0 Å². The van der Waals surface area contributed by atoms with Crippen LogP contribution in [-0.4, -0.2) is 14.4 Å². The quantitative estimate of drug-likeness (QED) is 0.338. The summed E-state index contributed by atoms with van der Waals surface area (Å²) in [6.45, 7) is 17.1. The lowest BCUT2D eigenvalue weighted by atomic mass is 9.52. The zero-order valence-electron chi connectivity index (χ0n) is 18.0. The Morgan fingerprint density at radius 3 is 2.42 bits per heavy atom. The van der Waals surface area contributed by atoms with Gasteiger partial charge < -0.3 is 4.43 Å². The van der Waals surface area contributed by atoms with Gasteiger partial charge in [0.25, 0.3) is 0 Å². The lowest BCUT2D eigenvalue weighted by molar-refractivity contribution is -0.0862. The highest BCUT2D eigenvalue weighted by Crippen LogP contribution is 2.57. The van der Waals surface area contributed by atoms with Crippen LogP contribution in [0.3, 0.4) is 0 Å². The first kappa shape index (κ1) is 23.2. The number of hydrogen-bond acceptors (Lipinski definition) is 1. The maximum absolute atomic E-state index is 7.02. The molecule has 26 heavy (non-hydrogen) atoms. The highest BCUT2D eigenvalue weighted by atomic mass is 79.9. The molecule has 0 aromatic rings. The lowest BCUT2D eigenvalue weighted by Gasteiger charge is -2.56. The van der Waals surface area contributed by atoms with Gasteiger partial charge in [-0.25, -0.2) is 0 Å². The van der Waals surface area contributed by atoms with Crippen LogP contribution in [0.4, 0.5) is 0 Å². The molecule has 2 fully saturated rings. The van der Waals surface area contributed by atoms with Crippen LogP contribution < -0.4 is 0 Å². The zero-order chi connectivity index (χ0) is 19.8. The molecule has 0 amide bonds. The van der Waals surface area contributed by atoms with Crippen molar-refractivity contribution in [1.82, 2.24) is 0 Å². The monoisotopic (exact) mass is 506 g/mol. The van der Waals surface area contributed by atoms with Crippen molar-refractivity contribution >= 4 is 40.2 Å². The average Bonchev–Trinajstić information content (AvgIpc) is 2.50. The van der Waals surface area contributed by atoms with E-state index in [0.29, 0.717) is 16.6 Å². The molecular weight excluding hydrogens is 468 g/mol. The van der Waals surface area contributed by atoms with Crippen LogP contribution in [0.15, 0.2) is 9.47 Å². The van der Waals surface area contributed by atoms with Crippen molar-refractivity contribution in [1.29, 1.82) is 0 Å². The number of hydrogen-bond donors (Lipinski definition) is 0. The average molecular weight is 508 g/mol. The van der Waals surface area contributed by atoms with E-state index in [0.717, 1.165) is 27.6 Å². The summed E-state index contributed by atoms with van der Waals surface area (Å²) in [6, 6.07) is 0. The van der Waals surface area contributed by atoms with Gasteiger partial charge >= 0.3 is 0 Å². The van der Waals surface area contributed by atoms with Crippen LogP contribution in [0.5, 0.6) is 0 Å². The first-order valence-electron chi connectivity index (χ1n) is 10.6. The summed E-state index contributed by atoms with van der Waals surface area (Å²) in [5.41, 5.74) is 0.454. The number of halogens is 2. The SMILES string of the molecule is C[C@H](CC=C(Br)Br)[C@H]1CCC[C@H]2[C@@H](O[Si](C)(C)C(C)(C)C)CCC[C@@]12C. The van der Waals surface area contributed by atoms with Crippen molar-refractivity contribution in [2.75, 3.05) is 0 Å². The van der Waals surface area contributed by atoms with E-state index in [2.05, 4.69) is 85.6 Å². The fourth-order valence-corrected chi connectivity index (χ4v) is 7.20. The van der Waals surface area contributed by atoms with Gasteiger partial charge in [0.05, 0.1) is 3.39 Å². The molecular formula is C22H40Br2OSi. The number of allylic oxidation sites excluding steroid dienone is 1. The highest BCUT2D eigenvalue weighted by molar-refractivity contribution is 9.28. The van der Waals surface area contributed by atoms with Crippen molar-refractivity contribution in [3.63, 3.8) is 0 Å². The topological polar surface area (TPSA) is 9.23 Å². The van der Waals surface area contributed by atoms with Gasteiger partial charge in [-0.1, -0.05) is 53.5 Å². The van der Waals surface area contributed by atoms with Crippen LogP contribution >= 0.6 is 31.9 Å². The molecule has 4 heteroatoms. The minimum absolute atomic E-state index is 0.301. The van der Waals surface area contributed by atoms with E-state index < -0.39 is 8.32 Å². The van der Waals surface area contributed by atoms with Gasteiger partial charge in [-0.05, 0) is 105 Å². The Hall–Kier alpha value is 0.877. The Morgan fingerprint density at radius 1 is 1.19 bits per heavy atom. The Labute approximate surface area is 180 Å². The molecule has 0 radical (unpaired) electrons. The van der Waals surface area contributed by atoms with Gasteiger partial charge in [0, 0.05) is 6.10 Å². The minimum atomic E-state index is -1.70. The molecule has 2 aliphatic rings. The summed E-state index contributed by atoms with van der Waals surface area (Å²) < 4.78 is 8.11. The van der Waals surface area contributed by atoms with Crippen molar-refractivity contribution < 1.29 is 4.43 Å². The molecule has 5 atom stereocenters. The molecule has 0 heterocycles. The maximum atomic E-state index is 7.02. The normalized spacial score (nSPS) is 34.1. The third-order valence-electron chi connectivity index (χ3n) is 7.96. The van der Waals surface area contributed by atoms with Crippen molar-refractivity contribution in [2.24, 2.45) is 23.2 Å². The molecule has 2 saturated carbocycles. The molecule has 2 rings (SSSR count). The van der Waals surface area contributed by atoms with E-state index in [1.54, 1.807) is 0 Å². The summed E-state index contributed by atoms with van der Waals surface area (Å²) in [4.78, 5) is 0. The molecule has 2 aliphatic carbocycles. The predicted octanol–water partition coefficient (Wildman–Crippen LogP) is 8.64. The minimum Gasteiger partial charge on any atom is -0.414 e. The summed E-state index contributed by atoms with van der Waals surface area (Å²) >= 11 is 7.07. The van der Waals surface area contributed by atoms with E-state index in [9.17, 15) is 0 Å². The summed E-state index contributed by atoms with van der Waals surface area (Å²) in [7, 11) is -1.70. The fourth-order valence-electron chi connectivity index (χ4n) is 5.43. The lowest BCUT2D eigenvalue weighted by Crippen LogP contribution is -2.54. The van der Waals surface area contributed by atoms with Crippen LogP contribution in [0.2, 0.25) is 18.1 Å². The van der Waals surface area contributed by atoms with Crippen molar-refractivity contribution in [3.05, 3.63) is 9.47 Å². The largest absolute Gasteiger partial charge is 0.414 e. The first-order valence-corrected chi connectivity index (χ1v) is 15.1. The van der Waals surface area contributed by atoms with Crippen LogP contribution in [0.25, 0.3) is 0 Å². The zero-order valence-corrected chi connectivity index (χ0v) is 22.2. The molecule has 0 N–H and O–H groups in total. The Bertz CT molecular complexity index is 507. The smallest absolute Gasteiger partial charge is 0.192 e. The summed E-state index contributed by atoms with van der Waals surface area (Å²) in [6.07, 6.45) is 12.1. The van der Waals surface area contributed by atoms with Crippen LogP contribution in [0, 0.1) is 23.2 Å². The second kappa shape index (κ2) is 8.71. The Morgan fingerprint density at radius 2 is 1.85 bits per heavy atom. The third kappa shape index (κ3) is 5.07. The fraction of sp³-hybridized carbons (Fsp3) is 0.909. The molecule has 152 valence electrons. The predicted molar refractivity (Wildman–Crippen MR) is 125 cm³/mol. The van der Waals surface area contributed by atoms with Crippen molar-refractivity contribution in [2.45, 2.75) is 104 Å². The van der Waals surface area contributed by atoms with Crippen LogP contribution in [-0.2, 0) is 4.43 Å². The second-order valence-electron chi connectivity index (χ2n) is 10.7. The molecule has 0 saturated heterocycles. The Kier molecular flexibility index (Phi) is 7.76. The standard InChI is InChI=1S/C22H40Br2OSi/c1-16(13-14-20(23)24)17-10-8-11-18-19(12-9-15-22(17,18)5)25-26(6,7)21(2,3)4/h14,16-19H,8-13,15H2,1-7H3/t16-,17-,18+,19+,22+/m1/s1. The molecule has 0 spiro atoms. The molecule has 0 aromatic heterocycles. The van der Waals surface area contributed by atoms with E-state index >= 15 is 0 Å². The van der Waals surface area contributed by atoms with Crippen molar-refractivity contribution in [3.8, 4) is 0 Å².